The van der Waals surface area contributed by atoms with Crippen molar-refractivity contribution in [1.82, 2.24) is 20.2 Å². The van der Waals surface area contributed by atoms with E-state index in [9.17, 15) is 9.59 Å². The normalized spacial score (nSPS) is 15.1. The van der Waals surface area contributed by atoms with E-state index in [1.54, 1.807) is 44.2 Å². The monoisotopic (exact) mass is 421 g/mol. The third-order valence-electron chi connectivity index (χ3n) is 4.72. The fraction of sp³-hybridized carbons (Fsp3) is 0.190. The maximum atomic E-state index is 12.7. The zero-order chi connectivity index (χ0) is 22.0. The molecule has 0 bridgehead atoms. The molecule has 4 rings (SSSR count). The molecule has 158 valence electrons. The van der Waals surface area contributed by atoms with Crippen molar-refractivity contribution < 1.29 is 24.2 Å². The van der Waals surface area contributed by atoms with E-state index in [1.807, 2.05) is 6.07 Å². The highest BCUT2D eigenvalue weighted by atomic mass is 16.5. The lowest BCUT2D eigenvalue weighted by atomic mass is 9.95. The number of fused-ring (bicyclic) bond motifs is 1. The highest BCUT2D eigenvalue weighted by Gasteiger charge is 2.35. The lowest BCUT2D eigenvalue weighted by Gasteiger charge is -2.27. The minimum Gasteiger partial charge on any atom is -0.478 e. The van der Waals surface area contributed by atoms with E-state index < -0.39 is 18.0 Å². The summed E-state index contributed by atoms with van der Waals surface area (Å²) in [6.07, 6.45) is 0. The topological polar surface area (TPSA) is 128 Å². The summed E-state index contributed by atoms with van der Waals surface area (Å²) in [5, 5.41) is 23.8. The number of carbonyl (C=O) groups excluding carboxylic acids is 1. The number of hydrogen-bond acceptors (Lipinski definition) is 8. The van der Waals surface area contributed by atoms with Crippen LogP contribution in [0.5, 0.6) is 11.5 Å². The molecular weight excluding hydrogens is 402 g/mol. The Morgan fingerprint density at radius 2 is 1.94 bits per heavy atom. The van der Waals surface area contributed by atoms with Gasteiger partial charge in [0, 0.05) is 5.70 Å². The molecule has 0 saturated heterocycles. The Kier molecular flexibility index (Phi) is 5.35. The summed E-state index contributed by atoms with van der Waals surface area (Å²) in [5.74, 6) is -0.0757. The van der Waals surface area contributed by atoms with Crippen LogP contribution in [0.25, 0.3) is 0 Å². The molecule has 2 heterocycles. The van der Waals surface area contributed by atoms with E-state index in [4.69, 9.17) is 14.6 Å². The molecule has 10 heteroatoms. The van der Waals surface area contributed by atoms with Gasteiger partial charge in [0.2, 0.25) is 5.95 Å². The van der Waals surface area contributed by atoms with E-state index in [2.05, 4.69) is 20.8 Å². The summed E-state index contributed by atoms with van der Waals surface area (Å²) >= 11 is 0. The van der Waals surface area contributed by atoms with Crippen molar-refractivity contribution in [2.75, 3.05) is 11.9 Å². The Labute approximate surface area is 177 Å². The predicted molar refractivity (Wildman–Crippen MR) is 109 cm³/mol. The van der Waals surface area contributed by atoms with Crippen molar-refractivity contribution in [3.8, 4) is 11.5 Å². The first-order valence-corrected chi connectivity index (χ1v) is 9.52. The summed E-state index contributed by atoms with van der Waals surface area (Å²) in [4.78, 5) is 23.7. The Balaban J connectivity index is 1.69. The van der Waals surface area contributed by atoms with Gasteiger partial charge in [-0.15, -0.1) is 0 Å². The van der Waals surface area contributed by atoms with Gasteiger partial charge in [-0.05, 0) is 66.2 Å². The number of aromatic carboxylic acids is 1. The molecule has 0 amide bonds. The maximum Gasteiger partial charge on any atom is 0.338 e. The highest BCUT2D eigenvalue weighted by Crippen LogP contribution is 2.36. The number of esters is 1. The fourth-order valence-corrected chi connectivity index (χ4v) is 3.34. The van der Waals surface area contributed by atoms with Crippen LogP contribution in [0.3, 0.4) is 0 Å². The number of nitrogens with one attached hydrogen (secondary N) is 1. The van der Waals surface area contributed by atoms with Crippen molar-refractivity contribution in [2.45, 2.75) is 19.9 Å². The van der Waals surface area contributed by atoms with Crippen LogP contribution in [0.15, 0.2) is 59.8 Å². The summed E-state index contributed by atoms with van der Waals surface area (Å²) in [6.45, 7) is 3.74. The summed E-state index contributed by atoms with van der Waals surface area (Å²) in [7, 11) is 0. The average molecular weight is 421 g/mol. The standard InChI is InChI=1S/C21H19N5O5/c1-3-30-20(29)17-12(2)22-21-23-24-25-26(21)18(17)14-5-4-6-16(11-14)31-15-9-7-13(8-10-15)19(27)28/h4-11,18H,3H2,1-2H3,(H,27,28)(H,22,23,25). The van der Waals surface area contributed by atoms with E-state index in [0.717, 1.165) is 5.56 Å². The van der Waals surface area contributed by atoms with Gasteiger partial charge in [0.1, 0.15) is 17.5 Å². The number of carboxylic acids is 1. The van der Waals surface area contributed by atoms with Crippen LogP contribution in [-0.2, 0) is 9.53 Å². The smallest absolute Gasteiger partial charge is 0.338 e. The molecule has 0 radical (unpaired) electrons. The zero-order valence-electron chi connectivity index (χ0n) is 16.8. The first-order chi connectivity index (χ1) is 15.0. The number of hydrogen-bond donors (Lipinski definition) is 2. The Morgan fingerprint density at radius 3 is 2.65 bits per heavy atom. The van der Waals surface area contributed by atoms with Gasteiger partial charge in [0.15, 0.2) is 0 Å². The number of benzene rings is 2. The number of allylic oxidation sites excluding steroid dienone is 1. The van der Waals surface area contributed by atoms with Crippen molar-refractivity contribution in [3.05, 3.63) is 70.9 Å². The SMILES string of the molecule is CCOC(=O)C1=C(C)Nc2nnnn2C1c1cccc(Oc2ccc(C(=O)O)cc2)c1. The second kappa shape index (κ2) is 8.27. The largest absolute Gasteiger partial charge is 0.478 e. The molecule has 1 aliphatic rings. The summed E-state index contributed by atoms with van der Waals surface area (Å²) in [5.41, 5.74) is 1.88. The maximum absolute atomic E-state index is 12.7. The third kappa shape index (κ3) is 3.95. The summed E-state index contributed by atoms with van der Waals surface area (Å²) < 4.78 is 12.6. The van der Waals surface area contributed by atoms with Crippen LogP contribution in [0.4, 0.5) is 5.95 Å². The molecule has 1 atom stereocenters. The molecule has 1 aromatic heterocycles. The Morgan fingerprint density at radius 1 is 1.16 bits per heavy atom. The molecule has 2 aromatic carbocycles. The van der Waals surface area contributed by atoms with Gasteiger partial charge in [-0.3, -0.25) is 0 Å². The van der Waals surface area contributed by atoms with Crippen molar-refractivity contribution in [1.29, 1.82) is 0 Å². The number of carbonyl (C=O) groups is 2. The van der Waals surface area contributed by atoms with E-state index in [0.29, 0.717) is 28.7 Å². The second-order valence-electron chi connectivity index (χ2n) is 6.74. The lowest BCUT2D eigenvalue weighted by molar-refractivity contribution is -0.139. The van der Waals surface area contributed by atoms with E-state index in [1.165, 1.54) is 16.8 Å². The van der Waals surface area contributed by atoms with Crippen molar-refractivity contribution >= 4 is 17.9 Å². The average Bonchev–Trinajstić information content (AvgIpc) is 3.21. The lowest BCUT2D eigenvalue weighted by Crippen LogP contribution is -2.29. The van der Waals surface area contributed by atoms with Gasteiger partial charge < -0.3 is 19.9 Å². The van der Waals surface area contributed by atoms with Crippen LogP contribution >= 0.6 is 0 Å². The Bertz CT molecular complexity index is 1170. The molecule has 0 aliphatic carbocycles. The third-order valence-corrected chi connectivity index (χ3v) is 4.72. The number of anilines is 1. The molecule has 31 heavy (non-hydrogen) atoms. The molecule has 1 unspecified atom stereocenters. The molecule has 3 aromatic rings. The molecule has 10 nitrogen and oxygen atoms in total. The van der Waals surface area contributed by atoms with Crippen molar-refractivity contribution in [2.24, 2.45) is 0 Å². The second-order valence-corrected chi connectivity index (χ2v) is 6.74. The van der Waals surface area contributed by atoms with Gasteiger partial charge in [-0.2, -0.15) is 4.68 Å². The molecule has 2 N–H and O–H groups in total. The number of tetrazole rings is 1. The summed E-state index contributed by atoms with van der Waals surface area (Å²) in [6, 6.07) is 12.6. The van der Waals surface area contributed by atoms with Crippen LogP contribution < -0.4 is 10.1 Å². The predicted octanol–water partition coefficient (Wildman–Crippen LogP) is 3.02. The van der Waals surface area contributed by atoms with E-state index in [-0.39, 0.29) is 12.2 Å². The molecule has 0 spiro atoms. The number of nitrogens with zero attached hydrogens (tertiary/aromatic N) is 4. The van der Waals surface area contributed by atoms with Gasteiger partial charge in [0.05, 0.1) is 17.7 Å². The van der Waals surface area contributed by atoms with Gasteiger partial charge >= 0.3 is 11.9 Å². The van der Waals surface area contributed by atoms with Crippen LogP contribution in [0, 0.1) is 0 Å². The number of carboxylic acid groups (broad SMARTS) is 1. The van der Waals surface area contributed by atoms with Gasteiger partial charge in [-0.1, -0.05) is 17.2 Å². The van der Waals surface area contributed by atoms with Gasteiger partial charge in [0.25, 0.3) is 0 Å². The zero-order valence-corrected chi connectivity index (χ0v) is 16.8. The molecule has 1 aliphatic heterocycles. The molecule has 0 saturated carbocycles. The minimum atomic E-state index is -1.01. The molecule has 0 fully saturated rings. The first-order valence-electron chi connectivity index (χ1n) is 9.52. The van der Waals surface area contributed by atoms with Gasteiger partial charge in [-0.25, -0.2) is 9.59 Å². The number of rotatable bonds is 6. The Hall–Kier alpha value is -4.21. The number of aromatic nitrogens is 4. The minimum absolute atomic E-state index is 0.168. The van der Waals surface area contributed by atoms with Crippen LogP contribution in [0.1, 0.15) is 35.8 Å². The fourth-order valence-electron chi connectivity index (χ4n) is 3.34. The van der Waals surface area contributed by atoms with Crippen molar-refractivity contribution in [3.63, 3.8) is 0 Å². The van der Waals surface area contributed by atoms with E-state index >= 15 is 0 Å². The first kappa shape index (κ1) is 20.1. The number of ether oxygens (including phenoxy) is 2. The quantitative estimate of drug-likeness (QED) is 0.577. The highest BCUT2D eigenvalue weighted by molar-refractivity contribution is 5.92. The molecular formula is C21H19N5O5. The van der Waals surface area contributed by atoms with Crippen LogP contribution in [0.2, 0.25) is 0 Å². The van der Waals surface area contributed by atoms with Crippen LogP contribution in [-0.4, -0.2) is 43.9 Å².